The first-order valence-corrected chi connectivity index (χ1v) is 11.1. The first kappa shape index (κ1) is 20.7. The summed E-state index contributed by atoms with van der Waals surface area (Å²) in [6.07, 6.45) is 8.01. The van der Waals surface area contributed by atoms with Gasteiger partial charge in [0.25, 0.3) is 0 Å². The highest BCUT2D eigenvalue weighted by Gasteiger charge is 2.54. The molecule has 0 aromatic heterocycles. The van der Waals surface area contributed by atoms with E-state index in [1.807, 2.05) is 26.2 Å². The number of likely N-dealkylation sites (N-methyl/N-ethyl adjacent to an activating group) is 1. The van der Waals surface area contributed by atoms with Gasteiger partial charge >= 0.3 is 0 Å². The van der Waals surface area contributed by atoms with Crippen molar-refractivity contribution in [1.82, 2.24) is 9.80 Å². The molecule has 2 aliphatic carbocycles. The van der Waals surface area contributed by atoms with Crippen LogP contribution in [0.25, 0.3) is 0 Å². The quantitative estimate of drug-likeness (QED) is 0.825. The molecular weight excluding hydrogens is 364 g/mol. The SMILES string of the molecule is COc1ccc(C2(C(=O)N3CCC4(CC3)CCC(O)(CN(C)C)CC4)CC2)cc1. The number of benzene rings is 1. The molecule has 0 bridgehead atoms. The maximum absolute atomic E-state index is 13.4. The molecular formula is C24H36N2O3. The third-order valence-electron chi connectivity index (χ3n) is 7.77. The average molecular weight is 401 g/mol. The molecule has 3 aliphatic rings. The molecule has 1 aromatic carbocycles. The lowest BCUT2D eigenvalue weighted by molar-refractivity contribution is -0.138. The average Bonchev–Trinajstić information content (AvgIpc) is 3.52. The molecule has 4 rings (SSSR count). The standard InChI is InChI=1S/C24H36N2O3/c1-25(2)18-23(28)10-8-22(9-11-23)14-16-26(17-15-22)21(27)24(12-13-24)19-4-6-20(29-3)7-5-19/h4-7,28H,8-18H2,1-3H3. The van der Waals surface area contributed by atoms with Crippen molar-refractivity contribution < 1.29 is 14.6 Å². The molecule has 1 amide bonds. The first-order chi connectivity index (χ1) is 13.8. The topological polar surface area (TPSA) is 53.0 Å². The molecule has 0 unspecified atom stereocenters. The van der Waals surface area contributed by atoms with Gasteiger partial charge in [-0.3, -0.25) is 4.79 Å². The summed E-state index contributed by atoms with van der Waals surface area (Å²) in [4.78, 5) is 17.6. The highest BCUT2D eigenvalue weighted by molar-refractivity contribution is 5.91. The van der Waals surface area contributed by atoms with Gasteiger partial charge in [0.1, 0.15) is 5.75 Å². The Bertz CT molecular complexity index is 721. The predicted octanol–water partition coefficient (Wildman–Crippen LogP) is 3.20. The zero-order valence-corrected chi connectivity index (χ0v) is 18.2. The molecule has 1 saturated heterocycles. The fourth-order valence-electron chi connectivity index (χ4n) is 5.64. The molecule has 1 heterocycles. The minimum absolute atomic E-state index is 0.296. The van der Waals surface area contributed by atoms with Crippen LogP contribution in [0, 0.1) is 5.41 Å². The van der Waals surface area contributed by atoms with E-state index in [4.69, 9.17) is 4.74 Å². The number of hydrogen-bond acceptors (Lipinski definition) is 4. The van der Waals surface area contributed by atoms with Crippen LogP contribution in [-0.4, -0.2) is 67.3 Å². The molecule has 160 valence electrons. The van der Waals surface area contributed by atoms with Crippen LogP contribution in [0.4, 0.5) is 0 Å². The lowest BCUT2D eigenvalue weighted by Gasteiger charge is -2.49. The molecule has 5 nitrogen and oxygen atoms in total. The summed E-state index contributed by atoms with van der Waals surface area (Å²) in [5, 5.41) is 10.9. The molecule has 5 heteroatoms. The molecule has 0 atom stereocenters. The van der Waals surface area contributed by atoms with Crippen molar-refractivity contribution in [1.29, 1.82) is 0 Å². The highest BCUT2D eigenvalue weighted by atomic mass is 16.5. The van der Waals surface area contributed by atoms with Gasteiger partial charge in [-0.2, -0.15) is 0 Å². The second-order valence-corrected chi connectivity index (χ2v) is 10.1. The van der Waals surface area contributed by atoms with Crippen LogP contribution in [-0.2, 0) is 10.2 Å². The third-order valence-corrected chi connectivity index (χ3v) is 7.77. The minimum atomic E-state index is -0.534. The molecule has 29 heavy (non-hydrogen) atoms. The zero-order valence-electron chi connectivity index (χ0n) is 18.2. The molecule has 1 spiro atoms. The zero-order chi connectivity index (χ0) is 20.7. The lowest BCUT2D eigenvalue weighted by Crippen LogP contribution is -2.51. The Hall–Kier alpha value is -1.59. The van der Waals surface area contributed by atoms with Crippen LogP contribution in [0.15, 0.2) is 24.3 Å². The summed E-state index contributed by atoms with van der Waals surface area (Å²) in [6, 6.07) is 8.04. The third kappa shape index (κ3) is 4.04. The number of aliphatic hydroxyl groups is 1. The van der Waals surface area contributed by atoms with Crippen molar-refractivity contribution in [2.45, 2.75) is 62.4 Å². The van der Waals surface area contributed by atoms with E-state index in [2.05, 4.69) is 21.9 Å². The number of carbonyl (C=O) groups excluding carboxylic acids is 1. The van der Waals surface area contributed by atoms with Crippen LogP contribution in [0.3, 0.4) is 0 Å². The summed E-state index contributed by atoms with van der Waals surface area (Å²) in [5.41, 5.74) is 0.630. The van der Waals surface area contributed by atoms with Gasteiger partial charge < -0.3 is 19.6 Å². The summed E-state index contributed by atoms with van der Waals surface area (Å²) in [5.74, 6) is 1.15. The Labute approximate surface area is 175 Å². The van der Waals surface area contributed by atoms with Crippen molar-refractivity contribution >= 4 is 5.91 Å². The van der Waals surface area contributed by atoms with Crippen molar-refractivity contribution in [3.8, 4) is 5.75 Å². The Morgan fingerprint density at radius 3 is 2.07 bits per heavy atom. The van der Waals surface area contributed by atoms with Gasteiger partial charge in [-0.1, -0.05) is 12.1 Å². The fourth-order valence-corrected chi connectivity index (χ4v) is 5.64. The van der Waals surface area contributed by atoms with E-state index in [0.717, 1.165) is 82.3 Å². The number of likely N-dealkylation sites (tertiary alicyclic amines) is 1. The van der Waals surface area contributed by atoms with E-state index in [9.17, 15) is 9.90 Å². The smallest absolute Gasteiger partial charge is 0.233 e. The molecule has 0 radical (unpaired) electrons. The van der Waals surface area contributed by atoms with E-state index < -0.39 is 5.60 Å². The van der Waals surface area contributed by atoms with Gasteiger partial charge in [-0.15, -0.1) is 0 Å². The van der Waals surface area contributed by atoms with Crippen LogP contribution in [0.1, 0.15) is 56.9 Å². The number of nitrogens with zero attached hydrogens (tertiary/aromatic N) is 2. The van der Waals surface area contributed by atoms with Gasteiger partial charge in [0.2, 0.25) is 5.91 Å². The van der Waals surface area contributed by atoms with Crippen molar-refractivity contribution in [3.63, 3.8) is 0 Å². The number of amides is 1. The predicted molar refractivity (Wildman–Crippen MR) is 114 cm³/mol. The lowest BCUT2D eigenvalue weighted by atomic mass is 9.64. The monoisotopic (exact) mass is 400 g/mol. The van der Waals surface area contributed by atoms with Crippen molar-refractivity contribution in [2.24, 2.45) is 5.41 Å². The molecule has 1 N–H and O–H groups in total. The summed E-state index contributed by atoms with van der Waals surface area (Å²) < 4.78 is 5.26. The van der Waals surface area contributed by atoms with E-state index in [-0.39, 0.29) is 5.41 Å². The second-order valence-electron chi connectivity index (χ2n) is 10.1. The van der Waals surface area contributed by atoms with E-state index in [0.29, 0.717) is 11.3 Å². The largest absolute Gasteiger partial charge is 0.497 e. The van der Waals surface area contributed by atoms with Gasteiger partial charge in [-0.05, 0) is 88.6 Å². The number of ether oxygens (including phenoxy) is 1. The number of piperidine rings is 1. The molecule has 3 fully saturated rings. The van der Waals surface area contributed by atoms with Gasteiger partial charge in [0, 0.05) is 19.6 Å². The molecule has 1 aromatic rings. The van der Waals surface area contributed by atoms with Crippen LogP contribution in [0.2, 0.25) is 0 Å². The summed E-state index contributed by atoms with van der Waals surface area (Å²) in [7, 11) is 5.73. The van der Waals surface area contributed by atoms with E-state index in [1.165, 1.54) is 0 Å². The van der Waals surface area contributed by atoms with E-state index in [1.54, 1.807) is 7.11 Å². The fraction of sp³-hybridized carbons (Fsp3) is 0.708. The van der Waals surface area contributed by atoms with Gasteiger partial charge in [-0.25, -0.2) is 0 Å². The number of rotatable bonds is 5. The maximum Gasteiger partial charge on any atom is 0.233 e. The Kier molecular flexibility index (Phi) is 5.41. The van der Waals surface area contributed by atoms with Crippen LogP contribution in [0.5, 0.6) is 5.75 Å². The summed E-state index contributed by atoms with van der Waals surface area (Å²) in [6.45, 7) is 2.48. The summed E-state index contributed by atoms with van der Waals surface area (Å²) >= 11 is 0. The minimum Gasteiger partial charge on any atom is -0.497 e. The second kappa shape index (κ2) is 7.59. The number of hydrogen-bond donors (Lipinski definition) is 1. The highest BCUT2D eigenvalue weighted by Crippen LogP contribution is 2.52. The van der Waals surface area contributed by atoms with Crippen molar-refractivity contribution in [2.75, 3.05) is 40.8 Å². The van der Waals surface area contributed by atoms with Crippen molar-refractivity contribution in [3.05, 3.63) is 29.8 Å². The van der Waals surface area contributed by atoms with Gasteiger partial charge in [0.15, 0.2) is 0 Å². The van der Waals surface area contributed by atoms with E-state index >= 15 is 0 Å². The first-order valence-electron chi connectivity index (χ1n) is 11.1. The van der Waals surface area contributed by atoms with Crippen LogP contribution >= 0.6 is 0 Å². The van der Waals surface area contributed by atoms with Gasteiger partial charge in [0.05, 0.1) is 18.1 Å². The number of carbonyl (C=O) groups is 1. The Balaban J connectivity index is 1.36. The Morgan fingerprint density at radius 2 is 1.59 bits per heavy atom. The van der Waals surface area contributed by atoms with Crippen LogP contribution < -0.4 is 4.74 Å². The Morgan fingerprint density at radius 1 is 1.00 bits per heavy atom. The molecule has 2 saturated carbocycles. The number of methoxy groups -OCH3 is 1. The molecule has 1 aliphatic heterocycles. The maximum atomic E-state index is 13.4. The normalized spacial score (nSPS) is 24.5.